The molecule has 5 heteroatoms. The van der Waals surface area contributed by atoms with Crippen molar-refractivity contribution in [2.45, 2.75) is 104 Å². The Morgan fingerprint density at radius 1 is 0.641 bits per heavy atom. The van der Waals surface area contributed by atoms with Crippen molar-refractivity contribution in [2.24, 2.45) is 0 Å². The van der Waals surface area contributed by atoms with Crippen LogP contribution in [0.15, 0.2) is 60.9 Å². The fraction of sp³-hybridized carbons (Fsp3) is 0.500. The van der Waals surface area contributed by atoms with Crippen molar-refractivity contribution in [1.29, 1.82) is 0 Å². The second kappa shape index (κ2) is 18.1. The van der Waals surface area contributed by atoms with Crippen molar-refractivity contribution in [2.75, 3.05) is 6.61 Å². The Morgan fingerprint density at radius 2 is 1.23 bits per heavy atom. The smallest absolute Gasteiger partial charge is 0.363 e. The number of ether oxygens (including phenoxy) is 2. The largest absolute Gasteiger partial charge is 0.494 e. The minimum absolute atomic E-state index is 0.184. The molecule has 210 valence electrons. The molecule has 1 heterocycles. The van der Waals surface area contributed by atoms with Gasteiger partial charge >= 0.3 is 5.97 Å². The van der Waals surface area contributed by atoms with E-state index in [2.05, 4.69) is 23.8 Å². The monoisotopic (exact) mass is 530 g/mol. The van der Waals surface area contributed by atoms with Gasteiger partial charge in [-0.3, -0.25) is 4.98 Å². The molecule has 39 heavy (non-hydrogen) atoms. The van der Waals surface area contributed by atoms with Crippen molar-refractivity contribution >= 4 is 5.97 Å². The number of aromatic nitrogens is 2. The van der Waals surface area contributed by atoms with E-state index in [1.54, 1.807) is 6.20 Å². The van der Waals surface area contributed by atoms with Gasteiger partial charge in [0.2, 0.25) is 0 Å². The zero-order valence-electron chi connectivity index (χ0n) is 24.0. The van der Waals surface area contributed by atoms with E-state index < -0.39 is 5.97 Å². The number of aryl methyl sites for hydroxylation is 1. The molecule has 2 aromatic carbocycles. The molecule has 3 rings (SSSR count). The van der Waals surface area contributed by atoms with Gasteiger partial charge in [-0.15, -0.1) is 0 Å². The Morgan fingerprint density at radius 3 is 1.85 bits per heavy atom. The van der Waals surface area contributed by atoms with E-state index in [-0.39, 0.29) is 5.69 Å². The molecule has 0 fully saturated rings. The predicted octanol–water partition coefficient (Wildman–Crippen LogP) is 9.40. The molecule has 0 radical (unpaired) electrons. The Balaban J connectivity index is 1.37. The Labute approximate surface area is 235 Å². The summed E-state index contributed by atoms with van der Waals surface area (Å²) in [5, 5.41) is 0. The predicted molar refractivity (Wildman–Crippen MR) is 159 cm³/mol. The highest BCUT2D eigenvalue weighted by molar-refractivity contribution is 5.88. The number of hydrogen-bond acceptors (Lipinski definition) is 5. The minimum atomic E-state index is -0.509. The lowest BCUT2D eigenvalue weighted by atomic mass is 10.1. The van der Waals surface area contributed by atoms with E-state index in [0.717, 1.165) is 30.8 Å². The first-order valence-electron chi connectivity index (χ1n) is 15.1. The SMILES string of the molecule is CCCCCCCCCCCOc1ccc(-c2cnc(C(=O)Oc3ccc(CCCCCC)cc3)cn2)cc1. The van der Waals surface area contributed by atoms with Crippen molar-refractivity contribution in [3.05, 3.63) is 72.2 Å². The van der Waals surface area contributed by atoms with E-state index in [4.69, 9.17) is 9.47 Å². The molecule has 0 saturated carbocycles. The van der Waals surface area contributed by atoms with Crippen LogP contribution in [-0.2, 0) is 6.42 Å². The van der Waals surface area contributed by atoms with Crippen LogP contribution in [0.1, 0.15) is 113 Å². The minimum Gasteiger partial charge on any atom is -0.494 e. The summed E-state index contributed by atoms with van der Waals surface area (Å²) < 4.78 is 11.4. The van der Waals surface area contributed by atoms with Crippen molar-refractivity contribution in [1.82, 2.24) is 9.97 Å². The maximum atomic E-state index is 12.5. The Bertz CT molecular complexity index is 1060. The lowest BCUT2D eigenvalue weighted by Gasteiger charge is -2.08. The average molecular weight is 531 g/mol. The quantitative estimate of drug-likeness (QED) is 0.0877. The molecule has 1 aromatic heterocycles. The summed E-state index contributed by atoms with van der Waals surface area (Å²) in [5.41, 5.74) is 3.06. The number of esters is 1. The van der Waals surface area contributed by atoms with Crippen LogP contribution in [0.4, 0.5) is 0 Å². The van der Waals surface area contributed by atoms with Crippen LogP contribution in [0.2, 0.25) is 0 Å². The van der Waals surface area contributed by atoms with Gasteiger partial charge in [-0.25, -0.2) is 9.78 Å². The summed E-state index contributed by atoms with van der Waals surface area (Å²) >= 11 is 0. The lowest BCUT2D eigenvalue weighted by Crippen LogP contribution is -2.11. The van der Waals surface area contributed by atoms with E-state index >= 15 is 0 Å². The van der Waals surface area contributed by atoms with E-state index in [9.17, 15) is 4.79 Å². The van der Waals surface area contributed by atoms with Gasteiger partial charge in [0.15, 0.2) is 5.69 Å². The first-order chi connectivity index (χ1) is 19.2. The zero-order valence-corrected chi connectivity index (χ0v) is 24.0. The van der Waals surface area contributed by atoms with E-state index in [1.807, 2.05) is 48.5 Å². The molecule has 0 amide bonds. The topological polar surface area (TPSA) is 61.3 Å². The van der Waals surface area contributed by atoms with Crippen LogP contribution in [0, 0.1) is 0 Å². The second-order valence-electron chi connectivity index (χ2n) is 10.3. The lowest BCUT2D eigenvalue weighted by molar-refractivity contribution is 0.0728. The molecule has 0 bridgehead atoms. The van der Waals surface area contributed by atoms with Gasteiger partial charge in [0.05, 0.1) is 24.7 Å². The van der Waals surface area contributed by atoms with E-state index in [1.165, 1.54) is 88.8 Å². The number of rotatable bonds is 19. The van der Waals surface area contributed by atoms with Crippen molar-refractivity contribution in [3.63, 3.8) is 0 Å². The highest BCUT2D eigenvalue weighted by Crippen LogP contribution is 2.21. The van der Waals surface area contributed by atoms with Crippen molar-refractivity contribution in [3.8, 4) is 22.8 Å². The van der Waals surface area contributed by atoms with Crippen LogP contribution in [0.5, 0.6) is 11.5 Å². The van der Waals surface area contributed by atoms with Crippen LogP contribution < -0.4 is 9.47 Å². The number of carbonyl (C=O) groups excluding carboxylic acids is 1. The van der Waals surface area contributed by atoms with Gasteiger partial charge in [0.25, 0.3) is 0 Å². The van der Waals surface area contributed by atoms with Gasteiger partial charge in [-0.05, 0) is 61.2 Å². The van der Waals surface area contributed by atoms with E-state index in [0.29, 0.717) is 11.4 Å². The third-order valence-corrected chi connectivity index (χ3v) is 6.98. The molecule has 0 N–H and O–H groups in total. The molecule has 0 saturated heterocycles. The van der Waals surface area contributed by atoms with Crippen LogP contribution >= 0.6 is 0 Å². The van der Waals surface area contributed by atoms with Crippen LogP contribution in [0.25, 0.3) is 11.3 Å². The first kappa shape index (κ1) is 30.3. The maximum absolute atomic E-state index is 12.5. The standard InChI is InChI=1S/C34H46N2O3/c1-3-5-7-9-10-11-12-13-15-25-38-30-23-19-29(20-24-30)32-26-36-33(27-35-32)34(37)39-31-21-17-28(18-22-31)16-14-8-6-4-2/h17-24,26-27H,3-16,25H2,1-2H3. The fourth-order valence-corrected chi connectivity index (χ4v) is 4.55. The molecule has 0 aliphatic heterocycles. The van der Waals surface area contributed by atoms with Gasteiger partial charge in [0, 0.05) is 5.56 Å². The fourth-order valence-electron chi connectivity index (χ4n) is 4.55. The molecule has 5 nitrogen and oxygen atoms in total. The molecule has 0 unspecified atom stereocenters. The van der Waals surface area contributed by atoms with Crippen LogP contribution in [-0.4, -0.2) is 22.5 Å². The van der Waals surface area contributed by atoms with Crippen LogP contribution in [0.3, 0.4) is 0 Å². The molecular formula is C34H46N2O3. The molecule has 0 aliphatic carbocycles. The number of hydrogen-bond donors (Lipinski definition) is 0. The first-order valence-corrected chi connectivity index (χ1v) is 15.1. The third kappa shape index (κ3) is 11.6. The number of carbonyl (C=O) groups is 1. The Hall–Kier alpha value is -3.21. The summed E-state index contributed by atoms with van der Waals surface area (Å²) in [6.07, 6.45) is 20.8. The van der Waals surface area contributed by atoms with Gasteiger partial charge in [-0.1, -0.05) is 96.6 Å². The third-order valence-electron chi connectivity index (χ3n) is 6.98. The molecule has 0 spiro atoms. The summed E-state index contributed by atoms with van der Waals surface area (Å²) in [4.78, 5) is 21.2. The van der Waals surface area contributed by atoms with Gasteiger partial charge < -0.3 is 9.47 Å². The highest BCUT2D eigenvalue weighted by Gasteiger charge is 2.12. The number of benzene rings is 2. The zero-order chi connectivity index (χ0) is 27.5. The summed E-state index contributed by atoms with van der Waals surface area (Å²) in [7, 11) is 0. The molecular weight excluding hydrogens is 484 g/mol. The van der Waals surface area contributed by atoms with Gasteiger partial charge in [-0.2, -0.15) is 0 Å². The summed E-state index contributed by atoms with van der Waals surface area (Å²) in [5.74, 6) is 0.865. The molecule has 0 atom stereocenters. The number of nitrogens with zero attached hydrogens (tertiary/aromatic N) is 2. The molecule has 3 aromatic rings. The normalized spacial score (nSPS) is 10.9. The maximum Gasteiger partial charge on any atom is 0.363 e. The summed E-state index contributed by atoms with van der Waals surface area (Å²) in [6, 6.07) is 15.6. The summed E-state index contributed by atoms with van der Waals surface area (Å²) in [6.45, 7) is 5.22. The Kier molecular flexibility index (Phi) is 14.1. The van der Waals surface area contributed by atoms with Crippen molar-refractivity contribution < 1.29 is 14.3 Å². The number of unbranched alkanes of at least 4 members (excludes halogenated alkanes) is 11. The second-order valence-corrected chi connectivity index (χ2v) is 10.3. The molecule has 0 aliphatic rings. The highest BCUT2D eigenvalue weighted by atomic mass is 16.5. The van der Waals surface area contributed by atoms with Gasteiger partial charge in [0.1, 0.15) is 11.5 Å². The average Bonchev–Trinajstić information content (AvgIpc) is 2.97.